The van der Waals surface area contributed by atoms with Crippen LogP contribution >= 0.6 is 0 Å². The summed E-state index contributed by atoms with van der Waals surface area (Å²) in [6, 6.07) is 0. The molecule has 0 N–H and O–H groups in total. The van der Waals surface area contributed by atoms with Crippen LogP contribution in [0.5, 0.6) is 0 Å². The first-order valence-electron chi connectivity index (χ1n) is 12.5. The highest BCUT2D eigenvalue weighted by molar-refractivity contribution is 6.77. The molecule has 0 aliphatic carbocycles. The van der Waals surface area contributed by atoms with Crippen LogP contribution < -0.4 is 0 Å². The van der Waals surface area contributed by atoms with E-state index < -0.39 is 25.4 Å². The zero-order chi connectivity index (χ0) is 26.7. The van der Waals surface area contributed by atoms with Crippen molar-refractivity contribution in [3.63, 3.8) is 0 Å². The van der Waals surface area contributed by atoms with Gasteiger partial charge in [-0.25, -0.2) is 4.79 Å². The van der Waals surface area contributed by atoms with Gasteiger partial charge in [-0.05, 0) is 50.2 Å². The highest BCUT2D eigenvalue weighted by Crippen LogP contribution is 2.42. The Hall–Kier alpha value is -1.60. The minimum Gasteiger partial charge on any atom is -0.469 e. The molecule has 6 nitrogen and oxygen atoms in total. The normalized spacial score (nSPS) is 14.1. The minimum absolute atomic E-state index is 0.130. The molecule has 198 valence electrons. The van der Waals surface area contributed by atoms with Crippen molar-refractivity contribution < 1.29 is 23.5 Å². The molecule has 0 spiro atoms. The molecule has 1 unspecified atom stereocenters. The van der Waals surface area contributed by atoms with E-state index in [0.717, 1.165) is 6.42 Å². The Balaban J connectivity index is 5.72. The van der Waals surface area contributed by atoms with E-state index in [9.17, 15) is 9.59 Å². The first-order chi connectivity index (χ1) is 15.6. The van der Waals surface area contributed by atoms with Crippen molar-refractivity contribution in [2.24, 2.45) is 5.41 Å². The molecule has 34 heavy (non-hydrogen) atoms. The number of carbonyl (C=O) groups excluding carboxylic acids is 2. The van der Waals surface area contributed by atoms with Crippen LogP contribution in [0.4, 0.5) is 4.79 Å². The second kappa shape index (κ2) is 14.1. The Labute approximate surface area is 210 Å². The van der Waals surface area contributed by atoms with Crippen molar-refractivity contribution in [3.05, 3.63) is 25.3 Å². The average molecular weight is 498 g/mol. The van der Waals surface area contributed by atoms with Crippen LogP contribution in [0.2, 0.25) is 16.6 Å². The Morgan fingerprint density at radius 3 is 1.91 bits per heavy atom. The zero-order valence-corrected chi connectivity index (χ0v) is 24.5. The van der Waals surface area contributed by atoms with Crippen LogP contribution in [-0.4, -0.2) is 57.7 Å². The summed E-state index contributed by atoms with van der Waals surface area (Å²) in [7, 11) is -0.600. The molecule has 0 aliphatic heterocycles. The molecule has 0 radical (unpaired) electrons. The third-order valence-electron chi connectivity index (χ3n) is 6.54. The van der Waals surface area contributed by atoms with Gasteiger partial charge in [0.25, 0.3) is 0 Å². The minimum atomic E-state index is -1.98. The Morgan fingerprint density at radius 2 is 1.53 bits per heavy atom. The molecular weight excluding hydrogens is 446 g/mol. The summed E-state index contributed by atoms with van der Waals surface area (Å²) in [5, 5.41) is 0. The number of carbonyl (C=O) groups is 2. The number of nitrogens with zero attached hydrogens (tertiary/aromatic N) is 1. The van der Waals surface area contributed by atoms with E-state index in [0.29, 0.717) is 36.2 Å². The smallest absolute Gasteiger partial charge is 0.410 e. The van der Waals surface area contributed by atoms with E-state index >= 15 is 0 Å². The number of rotatable bonds is 15. The Kier molecular flexibility index (Phi) is 13.4. The topological polar surface area (TPSA) is 65.1 Å². The molecule has 0 fully saturated rings. The number of methoxy groups -OCH3 is 1. The van der Waals surface area contributed by atoms with E-state index in [1.807, 2.05) is 20.8 Å². The predicted octanol–water partition coefficient (Wildman–Crippen LogP) is 7.12. The van der Waals surface area contributed by atoms with Crippen LogP contribution in [0.15, 0.2) is 25.3 Å². The molecule has 0 heterocycles. The van der Waals surface area contributed by atoms with Gasteiger partial charge >= 0.3 is 12.1 Å². The summed E-state index contributed by atoms with van der Waals surface area (Å²) in [4.78, 5) is 26.8. The first-order valence-corrected chi connectivity index (χ1v) is 14.7. The van der Waals surface area contributed by atoms with Crippen LogP contribution in [0, 0.1) is 5.41 Å². The van der Waals surface area contributed by atoms with E-state index in [4.69, 9.17) is 13.9 Å². The lowest BCUT2D eigenvalue weighted by Gasteiger charge is -2.42. The van der Waals surface area contributed by atoms with Crippen molar-refractivity contribution >= 4 is 20.4 Å². The lowest BCUT2D eigenvalue weighted by Crippen LogP contribution is -2.48. The van der Waals surface area contributed by atoms with Crippen molar-refractivity contribution in [3.8, 4) is 0 Å². The second-order valence-corrected chi connectivity index (χ2v) is 16.7. The summed E-state index contributed by atoms with van der Waals surface area (Å²) in [5.41, 5.74) is 0.224. The van der Waals surface area contributed by atoms with Crippen molar-refractivity contribution in [2.45, 2.75) is 104 Å². The molecule has 0 aliphatic rings. The summed E-state index contributed by atoms with van der Waals surface area (Å²) in [5.74, 6) is -0.334. The summed E-state index contributed by atoms with van der Waals surface area (Å²) >= 11 is 0. The Bertz CT molecular complexity index is 647. The number of ether oxygens (including phenoxy) is 2. The van der Waals surface area contributed by atoms with Gasteiger partial charge in [0.1, 0.15) is 5.60 Å². The van der Waals surface area contributed by atoms with Gasteiger partial charge in [-0.15, -0.1) is 13.2 Å². The second-order valence-electron chi connectivity index (χ2n) is 11.2. The molecule has 1 amide bonds. The monoisotopic (exact) mass is 497 g/mol. The molecule has 0 aromatic heterocycles. The molecule has 7 heteroatoms. The lowest BCUT2D eigenvalue weighted by molar-refractivity contribution is -0.143. The fourth-order valence-corrected chi connectivity index (χ4v) is 10.6. The summed E-state index contributed by atoms with van der Waals surface area (Å²) in [6.45, 7) is 28.1. The number of hydrogen-bond acceptors (Lipinski definition) is 5. The third kappa shape index (κ3) is 9.57. The van der Waals surface area contributed by atoms with Gasteiger partial charge in [0.2, 0.25) is 0 Å². The fourth-order valence-electron chi connectivity index (χ4n) is 5.06. The summed E-state index contributed by atoms with van der Waals surface area (Å²) < 4.78 is 17.3. The SMILES string of the molecule is C=CCN(CC(C=C)(CCCO[Si](C(C)C)(C(C)C)C(C)C)CC(=O)OC)C(=O)OC(C)(C)C. The molecule has 0 bridgehead atoms. The molecular formula is C27H51NO5Si. The number of esters is 1. The largest absolute Gasteiger partial charge is 0.469 e. The lowest BCUT2D eigenvalue weighted by atomic mass is 9.79. The standard InChI is InChI=1S/C27H51NO5Si/c1-13-17-28(25(30)33-26(9,10)11)20-27(14-2,19-24(29)31-12)16-15-18-32-34(21(3)4,22(5)6)23(7)8/h13-14,21-23H,1-2,15-20H2,3-12H3. The van der Waals surface area contributed by atoms with E-state index in [1.165, 1.54) is 7.11 Å². The van der Waals surface area contributed by atoms with Gasteiger partial charge in [-0.2, -0.15) is 0 Å². The van der Waals surface area contributed by atoms with Crippen LogP contribution in [-0.2, 0) is 18.7 Å². The van der Waals surface area contributed by atoms with E-state index in [1.54, 1.807) is 17.1 Å². The first kappa shape index (κ1) is 32.4. The van der Waals surface area contributed by atoms with E-state index in [-0.39, 0.29) is 18.9 Å². The molecule has 0 aromatic rings. The van der Waals surface area contributed by atoms with Gasteiger partial charge in [-0.1, -0.05) is 53.7 Å². The van der Waals surface area contributed by atoms with Gasteiger partial charge in [-0.3, -0.25) is 4.79 Å². The highest BCUT2D eigenvalue weighted by atomic mass is 28.4. The maximum absolute atomic E-state index is 12.9. The Morgan fingerprint density at radius 1 is 1.00 bits per heavy atom. The summed E-state index contributed by atoms with van der Waals surface area (Å²) in [6.07, 6.45) is 4.52. The molecule has 0 saturated carbocycles. The van der Waals surface area contributed by atoms with Crippen LogP contribution in [0.1, 0.15) is 81.6 Å². The van der Waals surface area contributed by atoms with Gasteiger partial charge < -0.3 is 18.8 Å². The highest BCUT2D eigenvalue weighted by Gasteiger charge is 2.45. The van der Waals surface area contributed by atoms with E-state index in [2.05, 4.69) is 54.7 Å². The molecule has 0 aromatic carbocycles. The zero-order valence-electron chi connectivity index (χ0n) is 23.5. The number of hydrogen-bond donors (Lipinski definition) is 0. The van der Waals surface area contributed by atoms with Crippen molar-refractivity contribution in [1.29, 1.82) is 0 Å². The maximum Gasteiger partial charge on any atom is 0.410 e. The van der Waals surface area contributed by atoms with Crippen LogP contribution in [0.3, 0.4) is 0 Å². The molecule has 0 saturated heterocycles. The number of amides is 1. The third-order valence-corrected chi connectivity index (χ3v) is 12.7. The van der Waals surface area contributed by atoms with Crippen LogP contribution in [0.25, 0.3) is 0 Å². The average Bonchev–Trinajstić information content (AvgIpc) is 2.70. The fraction of sp³-hybridized carbons (Fsp3) is 0.778. The van der Waals surface area contributed by atoms with Gasteiger partial charge in [0, 0.05) is 25.1 Å². The van der Waals surface area contributed by atoms with Gasteiger partial charge in [0.15, 0.2) is 8.32 Å². The van der Waals surface area contributed by atoms with Crippen molar-refractivity contribution in [2.75, 3.05) is 26.8 Å². The maximum atomic E-state index is 12.9. The van der Waals surface area contributed by atoms with Crippen molar-refractivity contribution in [1.82, 2.24) is 4.90 Å². The van der Waals surface area contributed by atoms with Gasteiger partial charge in [0.05, 0.1) is 13.5 Å². The quantitative estimate of drug-likeness (QED) is 0.104. The molecule has 0 rings (SSSR count). The molecule has 1 atom stereocenters. The predicted molar refractivity (Wildman–Crippen MR) is 144 cm³/mol.